The fourth-order valence-electron chi connectivity index (χ4n) is 1.69. The van der Waals surface area contributed by atoms with E-state index in [0.29, 0.717) is 17.1 Å². The molecular formula is C14H15NO3S. The minimum Gasteiger partial charge on any atom is -0.465 e. The third kappa shape index (κ3) is 3.12. The second-order valence-corrected chi connectivity index (χ2v) is 5.02. The van der Waals surface area contributed by atoms with Gasteiger partial charge in [-0.3, -0.25) is 0 Å². The van der Waals surface area contributed by atoms with Crippen molar-refractivity contribution < 1.29 is 13.9 Å². The van der Waals surface area contributed by atoms with E-state index >= 15 is 0 Å². The molecule has 0 saturated carbocycles. The van der Waals surface area contributed by atoms with Crippen molar-refractivity contribution in [2.45, 2.75) is 17.6 Å². The summed E-state index contributed by atoms with van der Waals surface area (Å²) in [7, 11) is 1.36. The van der Waals surface area contributed by atoms with Crippen LogP contribution in [0.4, 0.5) is 5.69 Å². The quantitative estimate of drug-likeness (QED) is 0.528. The first-order chi connectivity index (χ1) is 9.11. The summed E-state index contributed by atoms with van der Waals surface area (Å²) in [6.45, 7) is 1.75. The minimum absolute atomic E-state index is 0.378. The Balaban J connectivity index is 2.09. The number of ether oxygens (including phenoxy) is 1. The topological polar surface area (TPSA) is 65.5 Å². The number of thioether (sulfide) groups is 1. The molecule has 100 valence electrons. The molecule has 0 spiro atoms. The highest BCUT2D eigenvalue weighted by Crippen LogP contribution is 2.29. The van der Waals surface area contributed by atoms with E-state index in [1.54, 1.807) is 24.8 Å². The molecule has 0 aliphatic carbocycles. The lowest BCUT2D eigenvalue weighted by atomic mass is 10.2. The molecule has 0 aliphatic heterocycles. The van der Waals surface area contributed by atoms with Crippen LogP contribution in [0.3, 0.4) is 0 Å². The molecule has 0 atom stereocenters. The van der Waals surface area contributed by atoms with Crippen molar-refractivity contribution in [2.75, 3.05) is 12.8 Å². The van der Waals surface area contributed by atoms with E-state index in [-0.39, 0.29) is 5.97 Å². The number of methoxy groups -OCH3 is 1. The number of esters is 1. The van der Waals surface area contributed by atoms with Crippen LogP contribution in [0.5, 0.6) is 0 Å². The molecule has 2 N–H and O–H groups in total. The van der Waals surface area contributed by atoms with E-state index in [9.17, 15) is 4.79 Å². The van der Waals surface area contributed by atoms with Gasteiger partial charge in [0.25, 0.3) is 0 Å². The van der Waals surface area contributed by atoms with E-state index in [1.165, 1.54) is 7.11 Å². The van der Waals surface area contributed by atoms with E-state index in [0.717, 1.165) is 16.3 Å². The van der Waals surface area contributed by atoms with Crippen molar-refractivity contribution >= 4 is 23.4 Å². The molecule has 2 rings (SSSR count). The Kier molecular flexibility index (Phi) is 4.16. The Bertz CT molecular complexity index is 592. The second-order valence-electron chi connectivity index (χ2n) is 4.00. The van der Waals surface area contributed by atoms with Gasteiger partial charge < -0.3 is 14.9 Å². The Hall–Kier alpha value is -1.88. The van der Waals surface area contributed by atoms with E-state index < -0.39 is 0 Å². The third-order valence-corrected chi connectivity index (χ3v) is 3.77. The van der Waals surface area contributed by atoms with Gasteiger partial charge in [-0.1, -0.05) is 12.1 Å². The normalized spacial score (nSPS) is 10.4. The van der Waals surface area contributed by atoms with Crippen molar-refractivity contribution in [2.24, 2.45) is 0 Å². The molecule has 19 heavy (non-hydrogen) atoms. The van der Waals surface area contributed by atoms with Gasteiger partial charge in [0, 0.05) is 10.6 Å². The SMILES string of the molecule is COC(=O)c1cc(CSc2ccccc2N)oc1C. The van der Waals surface area contributed by atoms with Crippen LogP contribution in [0.2, 0.25) is 0 Å². The highest BCUT2D eigenvalue weighted by molar-refractivity contribution is 7.98. The molecule has 0 fully saturated rings. The number of nitrogens with two attached hydrogens (primary N) is 1. The lowest BCUT2D eigenvalue weighted by Crippen LogP contribution is -2.00. The fraction of sp³-hybridized carbons (Fsp3) is 0.214. The molecule has 0 aliphatic rings. The Morgan fingerprint density at radius 2 is 2.16 bits per heavy atom. The zero-order valence-corrected chi connectivity index (χ0v) is 11.6. The smallest absolute Gasteiger partial charge is 0.341 e. The summed E-state index contributed by atoms with van der Waals surface area (Å²) >= 11 is 1.57. The number of furan rings is 1. The number of hydrogen-bond acceptors (Lipinski definition) is 5. The molecule has 2 aromatic rings. The van der Waals surface area contributed by atoms with Gasteiger partial charge in [0.2, 0.25) is 0 Å². The number of nitrogen functional groups attached to an aromatic ring is 1. The number of benzene rings is 1. The van der Waals surface area contributed by atoms with Crippen LogP contribution in [-0.4, -0.2) is 13.1 Å². The first kappa shape index (κ1) is 13.5. The van der Waals surface area contributed by atoms with E-state index in [4.69, 9.17) is 10.2 Å². The Labute approximate surface area is 115 Å². The van der Waals surface area contributed by atoms with Gasteiger partial charge in [-0.2, -0.15) is 0 Å². The van der Waals surface area contributed by atoms with E-state index in [1.807, 2.05) is 24.3 Å². The highest BCUT2D eigenvalue weighted by atomic mass is 32.2. The maximum atomic E-state index is 11.5. The molecule has 0 radical (unpaired) electrons. The maximum absolute atomic E-state index is 11.5. The second kappa shape index (κ2) is 5.84. The van der Waals surface area contributed by atoms with Crippen molar-refractivity contribution in [1.29, 1.82) is 0 Å². The number of hydrogen-bond donors (Lipinski definition) is 1. The lowest BCUT2D eigenvalue weighted by Gasteiger charge is -2.02. The summed E-state index contributed by atoms with van der Waals surface area (Å²) < 4.78 is 10.2. The first-order valence-electron chi connectivity index (χ1n) is 5.76. The molecule has 1 heterocycles. The number of para-hydroxylation sites is 1. The van der Waals surface area contributed by atoms with Crippen molar-refractivity contribution in [3.05, 3.63) is 47.4 Å². The zero-order chi connectivity index (χ0) is 13.8. The van der Waals surface area contributed by atoms with Crippen LogP contribution in [0.25, 0.3) is 0 Å². The molecule has 1 aromatic heterocycles. The first-order valence-corrected chi connectivity index (χ1v) is 6.75. The maximum Gasteiger partial charge on any atom is 0.341 e. The standard InChI is InChI=1S/C14H15NO3S/c1-9-11(14(16)17-2)7-10(18-9)8-19-13-6-4-3-5-12(13)15/h3-7H,8,15H2,1-2H3. The summed E-state index contributed by atoms with van der Waals surface area (Å²) in [5, 5.41) is 0. The molecule has 0 saturated heterocycles. The average Bonchev–Trinajstić information content (AvgIpc) is 2.78. The summed E-state index contributed by atoms with van der Waals surface area (Å²) in [5.41, 5.74) is 7.08. The van der Waals surface area contributed by atoms with Gasteiger partial charge in [0.05, 0.1) is 12.9 Å². The molecule has 0 bridgehead atoms. The third-order valence-electron chi connectivity index (χ3n) is 2.66. The summed E-state index contributed by atoms with van der Waals surface area (Å²) in [5.74, 6) is 1.54. The molecule has 5 heteroatoms. The zero-order valence-electron chi connectivity index (χ0n) is 10.8. The minimum atomic E-state index is -0.378. The van der Waals surface area contributed by atoms with Crippen LogP contribution < -0.4 is 5.73 Å². The molecule has 4 nitrogen and oxygen atoms in total. The number of carbonyl (C=O) groups is 1. The van der Waals surface area contributed by atoms with Gasteiger partial charge in [0.15, 0.2) is 0 Å². The van der Waals surface area contributed by atoms with Crippen molar-refractivity contribution in [3.8, 4) is 0 Å². The number of carbonyl (C=O) groups excluding carboxylic acids is 1. The monoisotopic (exact) mass is 277 g/mol. The average molecular weight is 277 g/mol. The summed E-state index contributed by atoms with van der Waals surface area (Å²) in [4.78, 5) is 12.5. The molecule has 0 unspecified atom stereocenters. The Morgan fingerprint density at radius 3 is 2.84 bits per heavy atom. The van der Waals surface area contributed by atoms with Gasteiger partial charge in [-0.15, -0.1) is 11.8 Å². The van der Waals surface area contributed by atoms with Crippen LogP contribution >= 0.6 is 11.8 Å². The van der Waals surface area contributed by atoms with Crippen LogP contribution in [0, 0.1) is 6.92 Å². The highest BCUT2D eigenvalue weighted by Gasteiger charge is 2.15. The molecule has 0 amide bonds. The number of rotatable bonds is 4. The van der Waals surface area contributed by atoms with E-state index in [2.05, 4.69) is 4.74 Å². The molecule has 1 aromatic carbocycles. The molecular weight excluding hydrogens is 262 g/mol. The summed E-state index contributed by atoms with van der Waals surface area (Å²) in [6, 6.07) is 9.36. The largest absolute Gasteiger partial charge is 0.465 e. The predicted octanol–water partition coefficient (Wildman–Crippen LogP) is 3.25. The lowest BCUT2D eigenvalue weighted by molar-refractivity contribution is 0.0599. The van der Waals surface area contributed by atoms with Gasteiger partial charge in [0.1, 0.15) is 17.1 Å². The van der Waals surface area contributed by atoms with Crippen LogP contribution in [-0.2, 0) is 10.5 Å². The van der Waals surface area contributed by atoms with Gasteiger partial charge >= 0.3 is 5.97 Å². The number of anilines is 1. The van der Waals surface area contributed by atoms with Crippen molar-refractivity contribution in [1.82, 2.24) is 0 Å². The van der Waals surface area contributed by atoms with Crippen LogP contribution in [0.1, 0.15) is 21.9 Å². The van der Waals surface area contributed by atoms with Crippen LogP contribution in [0.15, 0.2) is 39.6 Å². The van der Waals surface area contributed by atoms with Crippen molar-refractivity contribution in [3.63, 3.8) is 0 Å². The fourth-order valence-corrected chi connectivity index (χ4v) is 2.54. The predicted molar refractivity (Wildman–Crippen MR) is 75.2 cm³/mol. The van der Waals surface area contributed by atoms with Gasteiger partial charge in [-0.25, -0.2) is 4.79 Å². The van der Waals surface area contributed by atoms with Gasteiger partial charge in [-0.05, 0) is 25.1 Å². The summed E-state index contributed by atoms with van der Waals surface area (Å²) in [6.07, 6.45) is 0. The Morgan fingerprint density at radius 1 is 1.42 bits per heavy atom. The number of aryl methyl sites for hydroxylation is 1.